The molecule has 0 aromatic heterocycles. The Morgan fingerprint density at radius 2 is 2.20 bits per heavy atom. The lowest BCUT2D eigenvalue weighted by Crippen LogP contribution is -2.38. The first kappa shape index (κ1) is 17.3. The van der Waals surface area contributed by atoms with E-state index in [9.17, 15) is 4.79 Å². The van der Waals surface area contributed by atoms with E-state index >= 15 is 0 Å². The Kier molecular flexibility index (Phi) is 7.35. The van der Waals surface area contributed by atoms with E-state index in [1.807, 2.05) is 30.1 Å². The summed E-state index contributed by atoms with van der Waals surface area (Å²) in [5.74, 6) is 0.254. The fourth-order valence-electron chi connectivity index (χ4n) is 2.67. The summed E-state index contributed by atoms with van der Waals surface area (Å²) in [7, 11) is 1.87. The fourth-order valence-corrected chi connectivity index (χ4v) is 2.88. The molecule has 1 unspecified atom stereocenters. The van der Waals surface area contributed by atoms with Crippen LogP contribution in [0.3, 0.4) is 0 Å². The molecule has 1 aromatic rings. The molecule has 1 heterocycles. The van der Waals surface area contributed by atoms with Crippen LogP contribution in [0.5, 0.6) is 0 Å². The third kappa shape index (κ3) is 4.37. The molecule has 1 aliphatic rings. The highest BCUT2D eigenvalue weighted by molar-refractivity contribution is 6.31. The van der Waals surface area contributed by atoms with Gasteiger partial charge >= 0.3 is 0 Å². The number of rotatable bonds is 5. The van der Waals surface area contributed by atoms with Crippen LogP contribution in [0.1, 0.15) is 24.8 Å². The normalized spacial score (nSPS) is 17.9. The number of amides is 1. The number of halogens is 2. The minimum Gasteiger partial charge on any atom is -0.339 e. The Bertz CT molecular complexity index is 440. The fraction of sp³-hybridized carbons (Fsp3) is 0.533. The number of hydrogen-bond donors (Lipinski definition) is 1. The van der Waals surface area contributed by atoms with Gasteiger partial charge in [0.15, 0.2) is 0 Å². The van der Waals surface area contributed by atoms with Gasteiger partial charge in [0.2, 0.25) is 5.91 Å². The minimum atomic E-state index is 0. The van der Waals surface area contributed by atoms with Gasteiger partial charge in [-0.2, -0.15) is 0 Å². The van der Waals surface area contributed by atoms with Crippen LogP contribution >= 0.6 is 24.0 Å². The summed E-state index contributed by atoms with van der Waals surface area (Å²) in [4.78, 5) is 14.2. The Morgan fingerprint density at radius 1 is 1.45 bits per heavy atom. The average molecular weight is 317 g/mol. The molecular weight excluding hydrogens is 295 g/mol. The Balaban J connectivity index is 0.00000200. The summed E-state index contributed by atoms with van der Waals surface area (Å²) >= 11 is 6.20. The van der Waals surface area contributed by atoms with Crippen LogP contribution in [0.4, 0.5) is 0 Å². The van der Waals surface area contributed by atoms with E-state index in [1.54, 1.807) is 0 Å². The molecule has 2 rings (SSSR count). The van der Waals surface area contributed by atoms with Crippen molar-refractivity contribution in [1.82, 2.24) is 10.2 Å². The molecule has 1 aromatic carbocycles. The first-order valence-corrected chi connectivity index (χ1v) is 7.27. The number of likely N-dealkylation sites (tertiary alicyclic amines) is 1. The molecule has 1 amide bonds. The lowest BCUT2D eigenvalue weighted by Gasteiger charge is -2.25. The van der Waals surface area contributed by atoms with Gasteiger partial charge < -0.3 is 10.2 Å². The van der Waals surface area contributed by atoms with Crippen molar-refractivity contribution in [1.29, 1.82) is 0 Å². The van der Waals surface area contributed by atoms with Crippen molar-refractivity contribution in [3.8, 4) is 0 Å². The first-order chi connectivity index (χ1) is 9.22. The smallest absolute Gasteiger partial charge is 0.224 e. The number of benzene rings is 1. The van der Waals surface area contributed by atoms with Gasteiger partial charge in [0.25, 0.3) is 0 Å². The number of carbonyl (C=O) groups excluding carboxylic acids is 1. The molecule has 0 bridgehead atoms. The van der Waals surface area contributed by atoms with E-state index in [0.29, 0.717) is 12.5 Å². The second-order valence-electron chi connectivity index (χ2n) is 5.03. The third-order valence-corrected chi connectivity index (χ3v) is 4.07. The van der Waals surface area contributed by atoms with Crippen LogP contribution in [0.15, 0.2) is 24.3 Å². The summed E-state index contributed by atoms with van der Waals surface area (Å²) < 4.78 is 0. The molecule has 1 N–H and O–H groups in total. The van der Waals surface area contributed by atoms with Gasteiger partial charge in [-0.1, -0.05) is 29.8 Å². The van der Waals surface area contributed by atoms with Crippen LogP contribution in [0, 0.1) is 0 Å². The van der Waals surface area contributed by atoms with Gasteiger partial charge in [0, 0.05) is 30.6 Å². The molecule has 1 fully saturated rings. The van der Waals surface area contributed by atoms with Gasteiger partial charge in [-0.05, 0) is 37.9 Å². The lowest BCUT2D eigenvalue weighted by molar-refractivity contribution is -0.131. The zero-order valence-corrected chi connectivity index (χ0v) is 13.3. The molecule has 5 heteroatoms. The largest absolute Gasteiger partial charge is 0.339 e. The second kappa shape index (κ2) is 8.50. The molecule has 0 radical (unpaired) electrons. The summed E-state index contributed by atoms with van der Waals surface area (Å²) in [6.07, 6.45) is 3.62. The monoisotopic (exact) mass is 316 g/mol. The molecule has 0 aliphatic carbocycles. The van der Waals surface area contributed by atoms with Crippen LogP contribution in [-0.2, 0) is 11.2 Å². The Labute approximate surface area is 132 Å². The maximum Gasteiger partial charge on any atom is 0.224 e. The van der Waals surface area contributed by atoms with E-state index in [2.05, 4.69) is 11.4 Å². The molecule has 0 spiro atoms. The Hall–Kier alpha value is -0.770. The van der Waals surface area contributed by atoms with Crippen LogP contribution in [0.2, 0.25) is 5.02 Å². The van der Waals surface area contributed by atoms with E-state index in [0.717, 1.165) is 42.9 Å². The second-order valence-corrected chi connectivity index (χ2v) is 5.44. The molecule has 1 atom stereocenters. The van der Waals surface area contributed by atoms with Gasteiger partial charge in [0.1, 0.15) is 0 Å². The molecule has 0 saturated carbocycles. The number of hydrogen-bond acceptors (Lipinski definition) is 2. The van der Waals surface area contributed by atoms with Crippen molar-refractivity contribution in [2.45, 2.75) is 31.7 Å². The van der Waals surface area contributed by atoms with E-state index in [4.69, 9.17) is 11.6 Å². The third-order valence-electron chi connectivity index (χ3n) is 3.70. The van der Waals surface area contributed by atoms with Crippen molar-refractivity contribution in [2.24, 2.45) is 0 Å². The van der Waals surface area contributed by atoms with Crippen LogP contribution < -0.4 is 5.32 Å². The minimum absolute atomic E-state index is 0. The summed E-state index contributed by atoms with van der Waals surface area (Å²) in [5, 5.41) is 3.83. The SMILES string of the molecule is CNCCC(=O)N1CCCC1Cc1ccccc1Cl.Cl. The molecule has 20 heavy (non-hydrogen) atoms. The predicted octanol–water partition coefficient (Wildman–Crippen LogP) is 2.90. The van der Waals surface area contributed by atoms with E-state index < -0.39 is 0 Å². The zero-order valence-electron chi connectivity index (χ0n) is 11.8. The van der Waals surface area contributed by atoms with Crippen molar-refractivity contribution in [3.63, 3.8) is 0 Å². The zero-order chi connectivity index (χ0) is 13.7. The lowest BCUT2D eigenvalue weighted by atomic mass is 10.0. The van der Waals surface area contributed by atoms with Gasteiger partial charge in [0.05, 0.1) is 0 Å². The van der Waals surface area contributed by atoms with Gasteiger partial charge in [-0.15, -0.1) is 12.4 Å². The maximum absolute atomic E-state index is 12.1. The maximum atomic E-state index is 12.1. The number of carbonyl (C=O) groups is 1. The van der Waals surface area contributed by atoms with Gasteiger partial charge in [-0.25, -0.2) is 0 Å². The summed E-state index contributed by atoms with van der Waals surface area (Å²) in [6, 6.07) is 8.22. The molecule has 1 aliphatic heterocycles. The van der Waals surface area contributed by atoms with Crippen molar-refractivity contribution in [2.75, 3.05) is 20.1 Å². The summed E-state index contributed by atoms with van der Waals surface area (Å²) in [5.41, 5.74) is 1.14. The highest BCUT2D eigenvalue weighted by Crippen LogP contribution is 2.25. The highest BCUT2D eigenvalue weighted by atomic mass is 35.5. The predicted molar refractivity (Wildman–Crippen MR) is 85.7 cm³/mol. The van der Waals surface area contributed by atoms with Crippen molar-refractivity contribution in [3.05, 3.63) is 34.9 Å². The van der Waals surface area contributed by atoms with Crippen LogP contribution in [0.25, 0.3) is 0 Å². The van der Waals surface area contributed by atoms with Gasteiger partial charge in [-0.3, -0.25) is 4.79 Å². The number of nitrogens with one attached hydrogen (secondary N) is 1. The molecule has 1 saturated heterocycles. The van der Waals surface area contributed by atoms with Crippen molar-refractivity contribution < 1.29 is 4.79 Å². The summed E-state index contributed by atoms with van der Waals surface area (Å²) in [6.45, 7) is 1.63. The first-order valence-electron chi connectivity index (χ1n) is 6.90. The molecular formula is C15H22Cl2N2O. The topological polar surface area (TPSA) is 32.3 Å². The van der Waals surface area contributed by atoms with Crippen molar-refractivity contribution >= 4 is 29.9 Å². The highest BCUT2D eigenvalue weighted by Gasteiger charge is 2.28. The molecule has 112 valence electrons. The standard InChI is InChI=1S/C15H21ClN2O.ClH/c1-17-9-8-15(19)18-10-4-6-13(18)11-12-5-2-3-7-14(12)16;/h2-3,5,7,13,17H,4,6,8-11H2,1H3;1H. The van der Waals surface area contributed by atoms with Crippen LogP contribution in [-0.4, -0.2) is 37.0 Å². The quantitative estimate of drug-likeness (QED) is 0.906. The Morgan fingerprint density at radius 3 is 2.90 bits per heavy atom. The average Bonchev–Trinajstić information content (AvgIpc) is 2.87. The number of nitrogens with zero attached hydrogens (tertiary/aromatic N) is 1. The van der Waals surface area contributed by atoms with E-state index in [1.165, 1.54) is 0 Å². The molecule has 3 nitrogen and oxygen atoms in total. The van der Waals surface area contributed by atoms with E-state index in [-0.39, 0.29) is 18.3 Å².